The molecule has 26 heavy (non-hydrogen) atoms. The molecule has 146 valence electrons. The normalized spacial score (nSPS) is 22.5. The van der Waals surface area contributed by atoms with Gasteiger partial charge in [-0.15, -0.1) is 0 Å². The fraction of sp³-hybridized carbons (Fsp3) is 0.810. The third kappa shape index (κ3) is 4.67. The first-order valence-corrected chi connectivity index (χ1v) is 10.6. The number of likely N-dealkylation sites (N-methyl/N-ethyl adjacent to an activating group) is 1. The molecule has 1 saturated carbocycles. The van der Waals surface area contributed by atoms with Crippen molar-refractivity contribution in [3.05, 3.63) is 17.5 Å². The van der Waals surface area contributed by atoms with Gasteiger partial charge in [0, 0.05) is 25.6 Å². The van der Waals surface area contributed by atoms with Gasteiger partial charge in [0.1, 0.15) is 0 Å². The highest BCUT2D eigenvalue weighted by Gasteiger charge is 2.31. The van der Waals surface area contributed by atoms with E-state index in [2.05, 4.69) is 27.9 Å². The third-order valence-electron chi connectivity index (χ3n) is 6.30. The molecule has 1 saturated heterocycles. The number of hydrogen-bond donors (Lipinski definition) is 0. The molecule has 3 rings (SSSR count). The van der Waals surface area contributed by atoms with Gasteiger partial charge >= 0.3 is 0 Å². The summed E-state index contributed by atoms with van der Waals surface area (Å²) in [6.45, 7) is 8.09. The molecule has 1 atom stereocenters. The molecule has 0 N–H and O–H groups in total. The Morgan fingerprint density at radius 1 is 1.19 bits per heavy atom. The zero-order chi connectivity index (χ0) is 18.5. The SMILES string of the molecule is CCN1CCC[C@H]1CN(Cc1cc(C)nn1C)C(=O)C1CCCCCC1. The molecule has 0 aromatic carbocycles. The molecule has 1 aliphatic heterocycles. The van der Waals surface area contributed by atoms with Crippen LogP contribution in [0.4, 0.5) is 0 Å². The first-order valence-electron chi connectivity index (χ1n) is 10.6. The van der Waals surface area contributed by atoms with E-state index in [-0.39, 0.29) is 5.92 Å². The van der Waals surface area contributed by atoms with Crippen molar-refractivity contribution in [2.75, 3.05) is 19.6 Å². The van der Waals surface area contributed by atoms with Gasteiger partial charge in [0.15, 0.2) is 0 Å². The molecule has 2 aliphatic rings. The summed E-state index contributed by atoms with van der Waals surface area (Å²) in [5, 5.41) is 4.48. The number of aromatic nitrogens is 2. The van der Waals surface area contributed by atoms with Crippen LogP contribution in [-0.4, -0.2) is 51.2 Å². The number of amides is 1. The summed E-state index contributed by atoms with van der Waals surface area (Å²) >= 11 is 0. The average molecular weight is 361 g/mol. The van der Waals surface area contributed by atoms with Crippen molar-refractivity contribution >= 4 is 5.91 Å². The standard InChI is InChI=1S/C21H36N4O/c1-4-24-13-9-12-19(24)15-25(16-20-14-17(2)22-23(20)3)21(26)18-10-7-5-6-8-11-18/h14,18-19H,4-13,15-16H2,1-3H3/t19-/m0/s1. The van der Waals surface area contributed by atoms with Crippen LogP contribution in [0.5, 0.6) is 0 Å². The van der Waals surface area contributed by atoms with Gasteiger partial charge < -0.3 is 4.90 Å². The number of likely N-dealkylation sites (tertiary alicyclic amines) is 1. The Morgan fingerprint density at radius 3 is 2.54 bits per heavy atom. The number of carbonyl (C=O) groups is 1. The second-order valence-electron chi connectivity index (χ2n) is 8.23. The van der Waals surface area contributed by atoms with Crippen LogP contribution in [0.1, 0.15) is 69.7 Å². The minimum atomic E-state index is 0.225. The van der Waals surface area contributed by atoms with E-state index in [4.69, 9.17) is 0 Å². The van der Waals surface area contributed by atoms with E-state index in [1.54, 1.807) is 0 Å². The smallest absolute Gasteiger partial charge is 0.226 e. The lowest BCUT2D eigenvalue weighted by Gasteiger charge is -2.32. The Balaban J connectivity index is 1.75. The van der Waals surface area contributed by atoms with E-state index >= 15 is 0 Å². The lowest BCUT2D eigenvalue weighted by atomic mass is 9.98. The number of aryl methyl sites for hydroxylation is 2. The van der Waals surface area contributed by atoms with Crippen molar-refractivity contribution in [2.24, 2.45) is 13.0 Å². The highest BCUT2D eigenvalue weighted by Crippen LogP contribution is 2.27. The topological polar surface area (TPSA) is 41.4 Å². The Bertz CT molecular complexity index is 589. The molecule has 2 heterocycles. The molecular formula is C21H36N4O. The van der Waals surface area contributed by atoms with Gasteiger partial charge in [0.25, 0.3) is 0 Å². The molecular weight excluding hydrogens is 324 g/mol. The van der Waals surface area contributed by atoms with E-state index in [0.29, 0.717) is 18.5 Å². The van der Waals surface area contributed by atoms with Crippen molar-refractivity contribution in [1.29, 1.82) is 0 Å². The van der Waals surface area contributed by atoms with E-state index in [0.717, 1.165) is 37.3 Å². The maximum absolute atomic E-state index is 13.4. The summed E-state index contributed by atoms with van der Waals surface area (Å²) in [5.74, 6) is 0.608. The molecule has 1 amide bonds. The molecule has 0 spiro atoms. The fourth-order valence-corrected chi connectivity index (χ4v) is 4.80. The zero-order valence-electron chi connectivity index (χ0n) is 16.9. The van der Waals surface area contributed by atoms with Crippen LogP contribution in [0.2, 0.25) is 0 Å². The number of hydrogen-bond acceptors (Lipinski definition) is 3. The number of carbonyl (C=O) groups excluding carboxylic acids is 1. The Kier molecular flexibility index (Phi) is 6.74. The summed E-state index contributed by atoms with van der Waals surface area (Å²) in [4.78, 5) is 18.1. The van der Waals surface area contributed by atoms with Crippen LogP contribution in [0, 0.1) is 12.8 Å². The molecule has 1 aromatic rings. The van der Waals surface area contributed by atoms with Crippen LogP contribution in [-0.2, 0) is 18.4 Å². The van der Waals surface area contributed by atoms with Crippen molar-refractivity contribution in [2.45, 2.75) is 77.8 Å². The molecule has 0 radical (unpaired) electrons. The molecule has 0 bridgehead atoms. The predicted molar refractivity (Wildman–Crippen MR) is 105 cm³/mol. The summed E-state index contributed by atoms with van der Waals surface area (Å²) in [6, 6.07) is 2.64. The highest BCUT2D eigenvalue weighted by atomic mass is 16.2. The first kappa shape index (κ1) is 19.4. The Labute approximate surface area is 158 Å². The maximum atomic E-state index is 13.4. The van der Waals surface area contributed by atoms with Crippen molar-refractivity contribution < 1.29 is 4.79 Å². The minimum absolute atomic E-state index is 0.225. The van der Waals surface area contributed by atoms with Crippen molar-refractivity contribution in [3.63, 3.8) is 0 Å². The van der Waals surface area contributed by atoms with Gasteiger partial charge in [-0.1, -0.05) is 32.6 Å². The van der Waals surface area contributed by atoms with Gasteiger partial charge in [-0.2, -0.15) is 5.10 Å². The van der Waals surface area contributed by atoms with E-state index in [1.165, 1.54) is 45.1 Å². The summed E-state index contributed by atoms with van der Waals surface area (Å²) in [6.07, 6.45) is 9.61. The largest absolute Gasteiger partial charge is 0.335 e. The maximum Gasteiger partial charge on any atom is 0.226 e. The first-order chi connectivity index (χ1) is 12.6. The van der Waals surface area contributed by atoms with Gasteiger partial charge in [0.2, 0.25) is 5.91 Å². The molecule has 0 unspecified atom stereocenters. The number of rotatable bonds is 6. The van der Waals surface area contributed by atoms with Crippen LogP contribution >= 0.6 is 0 Å². The van der Waals surface area contributed by atoms with E-state index in [1.807, 2.05) is 18.7 Å². The molecule has 1 aliphatic carbocycles. The van der Waals surface area contributed by atoms with Gasteiger partial charge in [-0.25, -0.2) is 0 Å². The lowest BCUT2D eigenvalue weighted by Crippen LogP contribution is -2.45. The molecule has 1 aromatic heterocycles. The molecule has 2 fully saturated rings. The molecule has 5 nitrogen and oxygen atoms in total. The summed E-state index contributed by atoms with van der Waals surface area (Å²) in [7, 11) is 1.99. The Hall–Kier alpha value is -1.36. The summed E-state index contributed by atoms with van der Waals surface area (Å²) < 4.78 is 1.94. The van der Waals surface area contributed by atoms with Crippen LogP contribution < -0.4 is 0 Å². The predicted octanol–water partition coefficient (Wildman–Crippen LogP) is 3.51. The minimum Gasteiger partial charge on any atom is -0.335 e. The highest BCUT2D eigenvalue weighted by molar-refractivity contribution is 5.79. The van der Waals surface area contributed by atoms with Crippen LogP contribution in [0.25, 0.3) is 0 Å². The molecule has 5 heteroatoms. The monoisotopic (exact) mass is 360 g/mol. The second-order valence-corrected chi connectivity index (χ2v) is 8.23. The summed E-state index contributed by atoms with van der Waals surface area (Å²) in [5.41, 5.74) is 2.17. The Morgan fingerprint density at radius 2 is 1.92 bits per heavy atom. The number of nitrogens with zero attached hydrogens (tertiary/aromatic N) is 4. The van der Waals surface area contributed by atoms with Crippen LogP contribution in [0.3, 0.4) is 0 Å². The average Bonchev–Trinajstić information content (AvgIpc) is 3.08. The van der Waals surface area contributed by atoms with Gasteiger partial charge in [0.05, 0.1) is 17.9 Å². The van der Waals surface area contributed by atoms with Gasteiger partial charge in [-0.05, 0) is 51.8 Å². The quantitative estimate of drug-likeness (QED) is 0.729. The van der Waals surface area contributed by atoms with Crippen molar-refractivity contribution in [3.8, 4) is 0 Å². The van der Waals surface area contributed by atoms with E-state index < -0.39 is 0 Å². The van der Waals surface area contributed by atoms with E-state index in [9.17, 15) is 4.79 Å². The fourth-order valence-electron chi connectivity index (χ4n) is 4.80. The lowest BCUT2D eigenvalue weighted by molar-refractivity contribution is -0.137. The third-order valence-corrected chi connectivity index (χ3v) is 6.30. The van der Waals surface area contributed by atoms with Crippen LogP contribution in [0.15, 0.2) is 6.07 Å². The second kappa shape index (κ2) is 9.03. The van der Waals surface area contributed by atoms with Gasteiger partial charge in [-0.3, -0.25) is 14.4 Å². The van der Waals surface area contributed by atoms with Crippen molar-refractivity contribution in [1.82, 2.24) is 19.6 Å². The zero-order valence-corrected chi connectivity index (χ0v) is 16.9.